The molecule has 1 fully saturated rings. The van der Waals surface area contributed by atoms with E-state index >= 15 is 0 Å². The van der Waals surface area contributed by atoms with Crippen molar-refractivity contribution in [2.75, 3.05) is 17.8 Å². The van der Waals surface area contributed by atoms with E-state index in [9.17, 15) is 22.8 Å². The molecule has 35 heavy (non-hydrogen) atoms. The largest absolute Gasteiger partial charge is 0.343 e. The van der Waals surface area contributed by atoms with Crippen LogP contribution in [0.3, 0.4) is 0 Å². The number of sulfonamides is 1. The summed E-state index contributed by atoms with van der Waals surface area (Å²) in [6.07, 6.45) is 1.94. The predicted octanol–water partition coefficient (Wildman–Crippen LogP) is 2.44. The molecule has 1 amide bonds. The Morgan fingerprint density at radius 2 is 1.63 bits per heavy atom. The van der Waals surface area contributed by atoms with Gasteiger partial charge in [0, 0.05) is 33.1 Å². The number of aromatic nitrogens is 2. The lowest BCUT2D eigenvalue weighted by atomic mass is 10.1. The van der Waals surface area contributed by atoms with Crippen LogP contribution in [0, 0.1) is 20.8 Å². The number of likely N-dealkylation sites (tertiary alicyclic amines) is 1. The summed E-state index contributed by atoms with van der Waals surface area (Å²) < 4.78 is 31.4. The molecular formula is C25H30N4O5S. The average Bonchev–Trinajstić information content (AvgIpc) is 3.34. The van der Waals surface area contributed by atoms with Crippen molar-refractivity contribution >= 4 is 32.5 Å². The summed E-state index contributed by atoms with van der Waals surface area (Å²) in [4.78, 5) is 40.2. The van der Waals surface area contributed by atoms with Crippen LogP contribution in [-0.2, 0) is 28.4 Å². The minimum Gasteiger partial charge on any atom is -0.343 e. The predicted molar refractivity (Wildman–Crippen MR) is 135 cm³/mol. The van der Waals surface area contributed by atoms with Crippen LogP contribution in [0.2, 0.25) is 0 Å². The zero-order chi connectivity index (χ0) is 25.5. The molecule has 0 bridgehead atoms. The van der Waals surface area contributed by atoms with Gasteiger partial charge in [-0.15, -0.1) is 0 Å². The molecule has 3 aromatic rings. The monoisotopic (exact) mass is 498 g/mol. The van der Waals surface area contributed by atoms with E-state index in [1.807, 2.05) is 32.9 Å². The molecule has 1 saturated heterocycles. The van der Waals surface area contributed by atoms with Crippen molar-refractivity contribution in [3.8, 4) is 0 Å². The summed E-state index contributed by atoms with van der Waals surface area (Å²) in [5.41, 5.74) is 2.27. The molecule has 2 heterocycles. The molecule has 10 heteroatoms. The molecular weight excluding hydrogens is 468 g/mol. The molecule has 1 aliphatic heterocycles. The van der Waals surface area contributed by atoms with Crippen LogP contribution < -0.4 is 16.0 Å². The fraction of sp³-hybridized carbons (Fsp3) is 0.400. The maximum atomic E-state index is 13.2. The molecule has 1 N–H and O–H groups in total. The van der Waals surface area contributed by atoms with Gasteiger partial charge in [0.05, 0.1) is 21.5 Å². The highest BCUT2D eigenvalue weighted by Gasteiger charge is 2.21. The number of anilines is 1. The molecule has 0 aliphatic carbocycles. The van der Waals surface area contributed by atoms with Crippen molar-refractivity contribution in [3.05, 3.63) is 67.9 Å². The van der Waals surface area contributed by atoms with E-state index in [2.05, 4.69) is 4.72 Å². The first-order chi connectivity index (χ1) is 16.5. The number of carbonyl (C=O) groups excluding carboxylic acids is 1. The summed E-state index contributed by atoms with van der Waals surface area (Å²) in [6.45, 7) is 6.92. The number of carbonyl (C=O) groups is 1. The molecule has 1 aromatic heterocycles. The first-order valence-corrected chi connectivity index (χ1v) is 13.1. The van der Waals surface area contributed by atoms with Gasteiger partial charge in [-0.05, 0) is 62.9 Å². The van der Waals surface area contributed by atoms with Gasteiger partial charge in [-0.2, -0.15) is 0 Å². The molecule has 2 aromatic carbocycles. The van der Waals surface area contributed by atoms with Gasteiger partial charge in [0.2, 0.25) is 5.91 Å². The highest BCUT2D eigenvalue weighted by atomic mass is 32.2. The SMILES string of the molecule is Cc1cc(C)c(NS(=O)(=O)c2ccc3c(c2)c(=O)n(CCC(=O)N2CCCC2)c(=O)n3C)c(C)c1. The van der Waals surface area contributed by atoms with Crippen molar-refractivity contribution in [2.24, 2.45) is 7.05 Å². The second-order valence-corrected chi connectivity index (χ2v) is 10.9. The lowest BCUT2D eigenvalue weighted by Gasteiger charge is -2.17. The Morgan fingerprint density at radius 3 is 2.26 bits per heavy atom. The van der Waals surface area contributed by atoms with Gasteiger partial charge in [-0.3, -0.25) is 23.4 Å². The Balaban J connectivity index is 1.71. The minimum absolute atomic E-state index is 0.0339. The summed E-state index contributed by atoms with van der Waals surface area (Å²) >= 11 is 0. The molecule has 0 radical (unpaired) electrons. The quantitative estimate of drug-likeness (QED) is 0.561. The fourth-order valence-corrected chi connectivity index (χ4v) is 5.95. The van der Waals surface area contributed by atoms with Crippen molar-refractivity contribution in [1.82, 2.24) is 14.0 Å². The van der Waals surface area contributed by atoms with E-state index < -0.39 is 21.3 Å². The van der Waals surface area contributed by atoms with Gasteiger partial charge in [-0.25, -0.2) is 13.2 Å². The Hall–Kier alpha value is -3.40. The van der Waals surface area contributed by atoms with Crippen LogP contribution in [0.4, 0.5) is 5.69 Å². The summed E-state index contributed by atoms with van der Waals surface area (Å²) in [5, 5.41) is 0.0981. The minimum atomic E-state index is -4.00. The lowest BCUT2D eigenvalue weighted by Crippen LogP contribution is -2.40. The van der Waals surface area contributed by atoms with Gasteiger partial charge >= 0.3 is 5.69 Å². The summed E-state index contributed by atoms with van der Waals surface area (Å²) in [6, 6.07) is 7.91. The van der Waals surface area contributed by atoms with E-state index in [0.717, 1.165) is 34.1 Å². The average molecular weight is 499 g/mol. The first kappa shape index (κ1) is 24.7. The van der Waals surface area contributed by atoms with Crippen LogP contribution >= 0.6 is 0 Å². The zero-order valence-corrected chi connectivity index (χ0v) is 21.2. The number of benzene rings is 2. The van der Waals surface area contributed by atoms with Gasteiger partial charge in [0.15, 0.2) is 0 Å². The van der Waals surface area contributed by atoms with Gasteiger partial charge in [0.1, 0.15) is 0 Å². The number of hydrogen-bond acceptors (Lipinski definition) is 5. The zero-order valence-electron chi connectivity index (χ0n) is 20.4. The Labute approximate surface area is 204 Å². The highest BCUT2D eigenvalue weighted by Crippen LogP contribution is 2.26. The van der Waals surface area contributed by atoms with Crippen LogP contribution in [0.15, 0.2) is 44.8 Å². The smallest absolute Gasteiger partial charge is 0.331 e. The Morgan fingerprint density at radius 1 is 1.00 bits per heavy atom. The van der Waals surface area contributed by atoms with Gasteiger partial charge in [-0.1, -0.05) is 17.7 Å². The number of amides is 1. The number of nitrogens with zero attached hydrogens (tertiary/aromatic N) is 3. The van der Waals surface area contributed by atoms with Crippen molar-refractivity contribution in [2.45, 2.75) is 51.5 Å². The third-order valence-corrected chi connectivity index (χ3v) is 7.90. The number of hydrogen-bond donors (Lipinski definition) is 1. The molecule has 0 atom stereocenters. The second-order valence-electron chi connectivity index (χ2n) is 9.19. The molecule has 9 nitrogen and oxygen atoms in total. The van der Waals surface area contributed by atoms with E-state index in [4.69, 9.17) is 0 Å². The third kappa shape index (κ3) is 4.75. The van der Waals surface area contributed by atoms with E-state index in [0.29, 0.717) is 24.3 Å². The normalized spacial score (nSPS) is 14.0. The highest BCUT2D eigenvalue weighted by molar-refractivity contribution is 7.92. The van der Waals surface area contributed by atoms with Crippen LogP contribution in [0.25, 0.3) is 10.9 Å². The van der Waals surface area contributed by atoms with Gasteiger partial charge in [0.25, 0.3) is 15.6 Å². The fourth-order valence-electron chi connectivity index (χ4n) is 4.73. The standard InChI is InChI=1S/C25H30N4O5S/c1-16-13-17(2)23(18(3)14-16)26-35(33,34)19-7-8-21-20(15-19)24(31)29(25(32)27(21)4)12-9-22(30)28-10-5-6-11-28/h7-8,13-15,26H,5-6,9-12H2,1-4H3. The van der Waals surface area contributed by atoms with E-state index in [1.165, 1.54) is 29.8 Å². The maximum absolute atomic E-state index is 13.2. The molecule has 0 spiro atoms. The summed E-state index contributed by atoms with van der Waals surface area (Å²) in [7, 11) is -2.48. The molecule has 186 valence electrons. The molecule has 1 aliphatic rings. The van der Waals surface area contributed by atoms with Crippen LogP contribution in [-0.4, -0.2) is 41.4 Å². The van der Waals surface area contributed by atoms with E-state index in [-0.39, 0.29) is 29.2 Å². The molecule has 4 rings (SSSR count). The first-order valence-electron chi connectivity index (χ1n) is 11.6. The second kappa shape index (κ2) is 9.33. The molecule has 0 unspecified atom stereocenters. The van der Waals surface area contributed by atoms with E-state index in [1.54, 1.807) is 4.90 Å². The third-order valence-electron chi connectivity index (χ3n) is 6.55. The summed E-state index contributed by atoms with van der Waals surface area (Å²) in [5.74, 6) is -0.0964. The number of rotatable bonds is 6. The van der Waals surface area contributed by atoms with Crippen LogP contribution in [0.1, 0.15) is 36.0 Å². The number of fused-ring (bicyclic) bond motifs is 1. The molecule has 0 saturated carbocycles. The van der Waals surface area contributed by atoms with Crippen molar-refractivity contribution < 1.29 is 13.2 Å². The maximum Gasteiger partial charge on any atom is 0.331 e. The van der Waals surface area contributed by atoms with Gasteiger partial charge < -0.3 is 4.90 Å². The Kier molecular flexibility index (Phi) is 6.59. The number of aryl methyl sites for hydroxylation is 4. The van der Waals surface area contributed by atoms with Crippen LogP contribution in [0.5, 0.6) is 0 Å². The lowest BCUT2D eigenvalue weighted by molar-refractivity contribution is -0.130. The number of nitrogens with one attached hydrogen (secondary N) is 1. The topological polar surface area (TPSA) is 110 Å². The Bertz CT molecular complexity index is 1520. The van der Waals surface area contributed by atoms with Crippen molar-refractivity contribution in [1.29, 1.82) is 0 Å². The van der Waals surface area contributed by atoms with Crippen molar-refractivity contribution in [3.63, 3.8) is 0 Å².